The van der Waals surface area contributed by atoms with E-state index in [9.17, 15) is 14.0 Å². The summed E-state index contributed by atoms with van der Waals surface area (Å²) in [7, 11) is 0. The van der Waals surface area contributed by atoms with E-state index >= 15 is 0 Å². The summed E-state index contributed by atoms with van der Waals surface area (Å²) >= 11 is 6.02. The molecule has 0 bridgehead atoms. The predicted octanol–water partition coefficient (Wildman–Crippen LogP) is 3.57. The number of piperazine rings is 1. The average Bonchev–Trinajstić information content (AvgIpc) is 3.25. The van der Waals surface area contributed by atoms with Crippen molar-refractivity contribution in [3.05, 3.63) is 82.4 Å². The van der Waals surface area contributed by atoms with Gasteiger partial charge in [-0.15, -0.1) is 0 Å². The molecule has 4 rings (SSSR count). The molecule has 30 heavy (non-hydrogen) atoms. The van der Waals surface area contributed by atoms with E-state index in [0.29, 0.717) is 47.9 Å². The molecule has 2 heterocycles. The largest absolute Gasteiger partial charge is 0.335 e. The number of aromatic nitrogens is 2. The van der Waals surface area contributed by atoms with Crippen molar-refractivity contribution in [2.75, 3.05) is 26.2 Å². The van der Waals surface area contributed by atoms with Crippen molar-refractivity contribution in [1.82, 2.24) is 19.6 Å². The van der Waals surface area contributed by atoms with Crippen LogP contribution in [0.25, 0.3) is 5.69 Å². The van der Waals surface area contributed by atoms with Gasteiger partial charge < -0.3 is 9.80 Å². The van der Waals surface area contributed by atoms with Gasteiger partial charge in [-0.1, -0.05) is 23.7 Å². The molecule has 154 valence electrons. The Morgan fingerprint density at radius 3 is 2.27 bits per heavy atom. The lowest BCUT2D eigenvalue weighted by Crippen LogP contribution is -2.50. The summed E-state index contributed by atoms with van der Waals surface area (Å²) in [6.45, 7) is 3.25. The number of amides is 2. The van der Waals surface area contributed by atoms with Gasteiger partial charge in [-0.3, -0.25) is 9.59 Å². The van der Waals surface area contributed by atoms with Gasteiger partial charge in [0, 0.05) is 43.0 Å². The minimum absolute atomic E-state index is 0.142. The third-order valence-corrected chi connectivity index (χ3v) is 5.41. The first kappa shape index (κ1) is 20.1. The average molecular weight is 427 g/mol. The molecule has 6 nitrogen and oxygen atoms in total. The van der Waals surface area contributed by atoms with Crippen LogP contribution < -0.4 is 0 Å². The second-order valence-corrected chi connectivity index (χ2v) is 7.64. The number of hydrogen-bond acceptors (Lipinski definition) is 3. The summed E-state index contributed by atoms with van der Waals surface area (Å²) in [6.07, 6.45) is 3.19. The van der Waals surface area contributed by atoms with Crippen LogP contribution in [0.1, 0.15) is 26.3 Å². The van der Waals surface area contributed by atoms with E-state index < -0.39 is 5.82 Å². The highest BCUT2D eigenvalue weighted by Gasteiger charge is 2.26. The van der Waals surface area contributed by atoms with E-state index in [2.05, 4.69) is 5.10 Å². The maximum absolute atomic E-state index is 13.8. The van der Waals surface area contributed by atoms with E-state index in [4.69, 9.17) is 11.6 Å². The highest BCUT2D eigenvalue weighted by Crippen LogP contribution is 2.17. The van der Waals surface area contributed by atoms with Gasteiger partial charge in [0.1, 0.15) is 5.82 Å². The molecule has 0 spiro atoms. The second-order valence-electron chi connectivity index (χ2n) is 7.20. The molecule has 2 amide bonds. The zero-order chi connectivity index (χ0) is 21.3. The van der Waals surface area contributed by atoms with Gasteiger partial charge in [0.15, 0.2) is 0 Å². The number of hydrogen-bond donors (Lipinski definition) is 0. The summed E-state index contributed by atoms with van der Waals surface area (Å²) in [5.41, 5.74) is 2.05. The number of halogens is 2. The SMILES string of the molecule is Cc1ccc(C(=O)N2CCN(C(=O)c3cnn(-c4cccc(Cl)c4)c3)CC2)cc1F. The normalized spacial score (nSPS) is 14.1. The standard InChI is InChI=1S/C22H20ClFN4O2/c1-15-5-6-16(11-20(15)24)21(29)26-7-9-27(10-8-26)22(30)17-13-25-28(14-17)19-4-2-3-18(23)12-19/h2-6,11-14H,7-10H2,1H3. The Balaban J connectivity index is 1.40. The zero-order valence-corrected chi connectivity index (χ0v) is 17.1. The Morgan fingerprint density at radius 2 is 1.63 bits per heavy atom. The number of rotatable bonds is 3. The molecular weight excluding hydrogens is 407 g/mol. The third kappa shape index (κ3) is 4.07. The number of carbonyl (C=O) groups excluding carboxylic acids is 2. The Hall–Kier alpha value is -3.19. The Bertz CT molecular complexity index is 1110. The third-order valence-electron chi connectivity index (χ3n) is 5.18. The first-order chi connectivity index (χ1) is 14.4. The van der Waals surface area contributed by atoms with E-state index in [1.165, 1.54) is 12.3 Å². The number of carbonyl (C=O) groups is 2. The molecule has 1 aromatic heterocycles. The first-order valence-corrected chi connectivity index (χ1v) is 9.95. The summed E-state index contributed by atoms with van der Waals surface area (Å²) in [5.74, 6) is -0.766. The molecule has 3 aromatic rings. The molecule has 0 aliphatic carbocycles. The molecule has 0 saturated carbocycles. The van der Waals surface area contributed by atoms with Crippen LogP contribution in [0.2, 0.25) is 5.02 Å². The fourth-order valence-electron chi connectivity index (χ4n) is 3.40. The lowest BCUT2D eigenvalue weighted by molar-refractivity contribution is 0.0535. The van der Waals surface area contributed by atoms with Gasteiger partial charge in [-0.2, -0.15) is 5.10 Å². The summed E-state index contributed by atoms with van der Waals surface area (Å²) < 4.78 is 15.4. The number of nitrogens with zero attached hydrogens (tertiary/aromatic N) is 4. The minimum atomic E-state index is -0.397. The molecule has 1 aliphatic rings. The molecule has 0 unspecified atom stereocenters. The molecule has 0 radical (unpaired) electrons. The lowest BCUT2D eigenvalue weighted by atomic mass is 10.1. The molecule has 1 saturated heterocycles. The molecular formula is C22H20ClFN4O2. The van der Waals surface area contributed by atoms with Crippen LogP contribution in [-0.4, -0.2) is 57.6 Å². The zero-order valence-electron chi connectivity index (χ0n) is 16.4. The maximum atomic E-state index is 13.8. The minimum Gasteiger partial charge on any atom is -0.335 e. The molecule has 8 heteroatoms. The Labute approximate surface area is 178 Å². The number of aryl methyl sites for hydroxylation is 1. The van der Waals surface area contributed by atoms with Crippen molar-refractivity contribution in [1.29, 1.82) is 0 Å². The van der Waals surface area contributed by atoms with Gasteiger partial charge >= 0.3 is 0 Å². The van der Waals surface area contributed by atoms with Crippen molar-refractivity contribution in [2.45, 2.75) is 6.92 Å². The second kappa shape index (κ2) is 8.28. The highest BCUT2D eigenvalue weighted by atomic mass is 35.5. The summed E-state index contributed by atoms with van der Waals surface area (Å²) in [4.78, 5) is 28.8. The van der Waals surface area contributed by atoms with E-state index in [0.717, 1.165) is 5.69 Å². The van der Waals surface area contributed by atoms with Crippen LogP contribution in [0.4, 0.5) is 4.39 Å². The van der Waals surface area contributed by atoms with Crippen LogP contribution in [0.15, 0.2) is 54.9 Å². The molecule has 2 aromatic carbocycles. The van der Waals surface area contributed by atoms with E-state index in [1.807, 2.05) is 12.1 Å². The fourth-order valence-corrected chi connectivity index (χ4v) is 3.58. The van der Waals surface area contributed by atoms with Crippen molar-refractivity contribution in [2.24, 2.45) is 0 Å². The molecule has 1 fully saturated rings. The van der Waals surface area contributed by atoms with Gasteiger partial charge in [-0.05, 0) is 42.8 Å². The summed E-state index contributed by atoms with van der Waals surface area (Å²) in [6, 6.07) is 11.7. The smallest absolute Gasteiger partial charge is 0.257 e. The summed E-state index contributed by atoms with van der Waals surface area (Å²) in [5, 5.41) is 4.84. The number of benzene rings is 2. The van der Waals surface area contributed by atoms with Crippen LogP contribution in [-0.2, 0) is 0 Å². The van der Waals surface area contributed by atoms with Crippen LogP contribution in [0.3, 0.4) is 0 Å². The van der Waals surface area contributed by atoms with Crippen molar-refractivity contribution in [3.8, 4) is 5.69 Å². The van der Waals surface area contributed by atoms with Gasteiger partial charge in [0.25, 0.3) is 11.8 Å². The highest BCUT2D eigenvalue weighted by molar-refractivity contribution is 6.30. The monoisotopic (exact) mass is 426 g/mol. The van der Waals surface area contributed by atoms with Crippen LogP contribution in [0.5, 0.6) is 0 Å². The van der Waals surface area contributed by atoms with Crippen molar-refractivity contribution >= 4 is 23.4 Å². The van der Waals surface area contributed by atoms with E-state index in [-0.39, 0.29) is 11.8 Å². The van der Waals surface area contributed by atoms with Gasteiger partial charge in [0.2, 0.25) is 0 Å². The van der Waals surface area contributed by atoms with Crippen molar-refractivity contribution < 1.29 is 14.0 Å². The quantitative estimate of drug-likeness (QED) is 0.643. The first-order valence-electron chi connectivity index (χ1n) is 9.58. The molecule has 0 N–H and O–H groups in total. The fraction of sp³-hybridized carbons (Fsp3) is 0.227. The maximum Gasteiger partial charge on any atom is 0.257 e. The van der Waals surface area contributed by atoms with Crippen LogP contribution in [0, 0.1) is 12.7 Å². The van der Waals surface area contributed by atoms with Gasteiger partial charge in [-0.25, -0.2) is 9.07 Å². The predicted molar refractivity (Wildman–Crippen MR) is 112 cm³/mol. The Morgan fingerprint density at radius 1 is 0.967 bits per heavy atom. The van der Waals surface area contributed by atoms with Gasteiger partial charge in [0.05, 0.1) is 17.4 Å². The molecule has 0 atom stereocenters. The Kier molecular flexibility index (Phi) is 5.55. The van der Waals surface area contributed by atoms with Crippen LogP contribution >= 0.6 is 11.6 Å². The van der Waals surface area contributed by atoms with E-state index in [1.54, 1.807) is 51.9 Å². The lowest BCUT2D eigenvalue weighted by Gasteiger charge is -2.34. The molecule has 1 aliphatic heterocycles. The topological polar surface area (TPSA) is 58.4 Å². The van der Waals surface area contributed by atoms with Crippen molar-refractivity contribution in [3.63, 3.8) is 0 Å².